The SMILES string of the molecule is CC(NC(=O)C1CCCN1C(=O)C(N)CC(N)=O)C(=O)NC(CC(N)=O)C(=O)O. The quantitative estimate of drug-likeness (QED) is 0.207. The van der Waals surface area contributed by atoms with Crippen molar-refractivity contribution < 1.29 is 33.9 Å². The van der Waals surface area contributed by atoms with E-state index in [2.05, 4.69) is 10.6 Å². The number of rotatable bonds is 10. The summed E-state index contributed by atoms with van der Waals surface area (Å²) in [7, 11) is 0. The molecule has 1 rings (SSSR count). The maximum absolute atomic E-state index is 12.5. The van der Waals surface area contributed by atoms with Crippen LogP contribution in [0.1, 0.15) is 32.6 Å². The summed E-state index contributed by atoms with van der Waals surface area (Å²) in [5.74, 6) is -5.19. The van der Waals surface area contributed by atoms with Crippen LogP contribution in [0, 0.1) is 0 Å². The normalized spacial score (nSPS) is 19.0. The Morgan fingerprint density at radius 2 is 1.66 bits per heavy atom. The number of likely N-dealkylation sites (tertiary alicyclic amines) is 1. The van der Waals surface area contributed by atoms with Gasteiger partial charge in [-0.2, -0.15) is 0 Å². The van der Waals surface area contributed by atoms with Gasteiger partial charge in [-0.25, -0.2) is 4.79 Å². The smallest absolute Gasteiger partial charge is 0.326 e. The molecule has 1 aliphatic rings. The fourth-order valence-electron chi connectivity index (χ4n) is 2.89. The Morgan fingerprint density at radius 3 is 2.17 bits per heavy atom. The molecule has 0 aromatic heterocycles. The van der Waals surface area contributed by atoms with Gasteiger partial charge in [-0.3, -0.25) is 24.0 Å². The number of hydrogen-bond acceptors (Lipinski definition) is 7. The molecule has 0 radical (unpaired) electrons. The van der Waals surface area contributed by atoms with Crippen LogP contribution in [-0.4, -0.2) is 76.2 Å². The van der Waals surface area contributed by atoms with Gasteiger partial charge in [0.25, 0.3) is 0 Å². The lowest BCUT2D eigenvalue weighted by Gasteiger charge is -2.27. The Morgan fingerprint density at radius 1 is 1.07 bits per heavy atom. The van der Waals surface area contributed by atoms with E-state index in [0.29, 0.717) is 12.8 Å². The highest BCUT2D eigenvalue weighted by Crippen LogP contribution is 2.19. The molecule has 0 saturated carbocycles. The second-order valence-electron chi connectivity index (χ2n) is 6.77. The molecule has 0 spiro atoms. The average Bonchev–Trinajstić information content (AvgIpc) is 3.08. The summed E-state index contributed by atoms with van der Waals surface area (Å²) in [6.45, 7) is 1.57. The number of nitrogens with zero attached hydrogens (tertiary/aromatic N) is 1. The highest BCUT2D eigenvalue weighted by Gasteiger charge is 2.37. The number of carbonyl (C=O) groups excluding carboxylic acids is 5. The minimum atomic E-state index is -1.53. The van der Waals surface area contributed by atoms with Crippen LogP contribution in [-0.2, 0) is 28.8 Å². The molecule has 4 unspecified atom stereocenters. The van der Waals surface area contributed by atoms with Crippen LogP contribution in [0.25, 0.3) is 0 Å². The topological polar surface area (TPSA) is 228 Å². The number of nitrogens with two attached hydrogens (primary N) is 3. The zero-order valence-electron chi connectivity index (χ0n) is 15.9. The molecular weight excluding hydrogens is 388 g/mol. The van der Waals surface area contributed by atoms with Crippen molar-refractivity contribution >= 4 is 35.5 Å². The number of nitrogens with one attached hydrogen (secondary N) is 2. The van der Waals surface area contributed by atoms with Crippen LogP contribution < -0.4 is 27.8 Å². The minimum absolute atomic E-state index is 0.254. The second-order valence-corrected chi connectivity index (χ2v) is 6.77. The van der Waals surface area contributed by atoms with Crippen molar-refractivity contribution in [2.24, 2.45) is 17.2 Å². The van der Waals surface area contributed by atoms with Gasteiger partial charge >= 0.3 is 5.97 Å². The van der Waals surface area contributed by atoms with E-state index in [1.165, 1.54) is 11.8 Å². The third kappa shape index (κ3) is 7.03. The maximum atomic E-state index is 12.5. The van der Waals surface area contributed by atoms with Gasteiger partial charge in [0.2, 0.25) is 29.5 Å². The summed E-state index contributed by atoms with van der Waals surface area (Å²) in [4.78, 5) is 71.2. The first kappa shape index (κ1) is 23.8. The van der Waals surface area contributed by atoms with Gasteiger partial charge in [0.15, 0.2) is 0 Å². The highest BCUT2D eigenvalue weighted by atomic mass is 16.4. The number of amides is 5. The van der Waals surface area contributed by atoms with E-state index < -0.39 is 66.1 Å². The van der Waals surface area contributed by atoms with Crippen molar-refractivity contribution in [3.05, 3.63) is 0 Å². The molecule has 0 aliphatic carbocycles. The monoisotopic (exact) mass is 414 g/mol. The van der Waals surface area contributed by atoms with E-state index in [1.54, 1.807) is 0 Å². The molecule has 0 aromatic rings. The minimum Gasteiger partial charge on any atom is -0.480 e. The summed E-state index contributed by atoms with van der Waals surface area (Å²) in [6.07, 6.45) is -0.120. The first-order chi connectivity index (χ1) is 13.4. The van der Waals surface area contributed by atoms with Crippen molar-refractivity contribution in [3.63, 3.8) is 0 Å². The number of carboxylic acid groups (broad SMARTS) is 1. The van der Waals surface area contributed by atoms with Crippen LogP contribution in [0.15, 0.2) is 0 Å². The molecule has 29 heavy (non-hydrogen) atoms. The molecule has 13 heteroatoms. The number of carbonyl (C=O) groups is 6. The Bertz CT molecular complexity index is 697. The molecule has 1 saturated heterocycles. The standard InChI is InChI=1S/C16H26N6O7/c1-7(13(25)21-9(16(28)29)6-12(19)24)20-14(26)10-3-2-4-22(10)15(27)8(17)5-11(18)23/h7-10H,2-6,17H2,1H3,(H2,18,23)(H2,19,24)(H,20,26)(H,21,25)(H,28,29). The van der Waals surface area contributed by atoms with Gasteiger partial charge in [-0.15, -0.1) is 0 Å². The predicted molar refractivity (Wildman–Crippen MR) is 97.5 cm³/mol. The maximum Gasteiger partial charge on any atom is 0.326 e. The van der Waals surface area contributed by atoms with Crippen molar-refractivity contribution in [3.8, 4) is 0 Å². The Labute approximate surface area is 166 Å². The predicted octanol–water partition coefficient (Wildman–Crippen LogP) is -3.87. The average molecular weight is 414 g/mol. The zero-order valence-corrected chi connectivity index (χ0v) is 15.9. The molecular formula is C16H26N6O7. The van der Waals surface area contributed by atoms with Crippen LogP contribution >= 0.6 is 0 Å². The van der Waals surface area contributed by atoms with E-state index in [1.807, 2.05) is 0 Å². The number of hydrogen-bond donors (Lipinski definition) is 6. The Kier molecular flexibility index (Phi) is 8.51. The molecule has 0 aromatic carbocycles. The van der Waals surface area contributed by atoms with Crippen LogP contribution in [0.3, 0.4) is 0 Å². The van der Waals surface area contributed by atoms with Crippen LogP contribution in [0.4, 0.5) is 0 Å². The van der Waals surface area contributed by atoms with Crippen molar-refractivity contribution in [2.45, 2.75) is 56.8 Å². The van der Waals surface area contributed by atoms with Crippen LogP contribution in [0.2, 0.25) is 0 Å². The largest absolute Gasteiger partial charge is 0.480 e. The van der Waals surface area contributed by atoms with Gasteiger partial charge in [0.05, 0.1) is 18.9 Å². The number of carboxylic acids is 1. The lowest BCUT2D eigenvalue weighted by molar-refractivity contribution is -0.144. The van der Waals surface area contributed by atoms with Gasteiger partial charge in [-0.05, 0) is 19.8 Å². The van der Waals surface area contributed by atoms with Crippen molar-refractivity contribution in [1.82, 2.24) is 15.5 Å². The van der Waals surface area contributed by atoms with Gasteiger partial charge in [-0.1, -0.05) is 0 Å². The first-order valence-electron chi connectivity index (χ1n) is 8.90. The lowest BCUT2D eigenvalue weighted by atomic mass is 10.1. The summed E-state index contributed by atoms with van der Waals surface area (Å²) in [6, 6.07) is -4.74. The van der Waals surface area contributed by atoms with Crippen molar-refractivity contribution in [2.75, 3.05) is 6.54 Å². The molecule has 1 aliphatic heterocycles. The Hall–Kier alpha value is -3.22. The van der Waals surface area contributed by atoms with E-state index in [4.69, 9.17) is 22.3 Å². The molecule has 1 fully saturated rings. The third-order valence-electron chi connectivity index (χ3n) is 4.35. The molecule has 162 valence electrons. The van der Waals surface area contributed by atoms with E-state index in [0.717, 1.165) is 0 Å². The first-order valence-corrected chi connectivity index (χ1v) is 8.90. The molecule has 4 atom stereocenters. The molecule has 5 amide bonds. The van der Waals surface area contributed by atoms with Gasteiger partial charge < -0.3 is 37.8 Å². The van der Waals surface area contributed by atoms with E-state index >= 15 is 0 Å². The van der Waals surface area contributed by atoms with Gasteiger partial charge in [0.1, 0.15) is 18.1 Å². The summed E-state index contributed by atoms with van der Waals surface area (Å²) < 4.78 is 0. The van der Waals surface area contributed by atoms with E-state index in [-0.39, 0.29) is 13.0 Å². The highest BCUT2D eigenvalue weighted by molar-refractivity contribution is 5.95. The molecule has 1 heterocycles. The fourth-order valence-corrected chi connectivity index (χ4v) is 2.89. The third-order valence-corrected chi connectivity index (χ3v) is 4.35. The zero-order chi connectivity index (χ0) is 22.3. The molecule has 9 N–H and O–H groups in total. The molecule has 13 nitrogen and oxygen atoms in total. The van der Waals surface area contributed by atoms with E-state index in [9.17, 15) is 28.8 Å². The Balaban J connectivity index is 2.71. The fraction of sp³-hybridized carbons (Fsp3) is 0.625. The summed E-state index contributed by atoms with van der Waals surface area (Å²) in [5, 5.41) is 13.5. The van der Waals surface area contributed by atoms with Crippen LogP contribution in [0.5, 0.6) is 0 Å². The number of primary amides is 2. The number of aliphatic carboxylic acids is 1. The summed E-state index contributed by atoms with van der Waals surface area (Å²) >= 11 is 0. The van der Waals surface area contributed by atoms with Crippen molar-refractivity contribution in [1.29, 1.82) is 0 Å². The molecule has 0 bridgehead atoms. The lowest BCUT2D eigenvalue weighted by Crippen LogP contribution is -2.56. The van der Waals surface area contributed by atoms with Gasteiger partial charge in [0, 0.05) is 6.54 Å². The summed E-state index contributed by atoms with van der Waals surface area (Å²) in [5.41, 5.74) is 15.6. The second kappa shape index (κ2) is 10.4.